The van der Waals surface area contributed by atoms with Crippen LogP contribution in [-0.2, 0) is 21.3 Å². The minimum Gasteiger partial charge on any atom is -0.488 e. The van der Waals surface area contributed by atoms with Gasteiger partial charge in [-0.25, -0.2) is 12.8 Å². The summed E-state index contributed by atoms with van der Waals surface area (Å²) in [7, 11) is -3.95. The third-order valence-corrected chi connectivity index (χ3v) is 8.46. The maximum Gasteiger partial charge on any atom is 0.243 e. The van der Waals surface area contributed by atoms with E-state index in [1.807, 2.05) is 43.3 Å². The van der Waals surface area contributed by atoms with Gasteiger partial charge in [0.15, 0.2) is 11.5 Å². The molecule has 0 unspecified atom stereocenters. The average Bonchev–Trinajstić information content (AvgIpc) is 3.24. The molecule has 0 amide bonds. The molecule has 0 spiro atoms. The molecule has 1 fully saturated rings. The van der Waals surface area contributed by atoms with Gasteiger partial charge in [-0.15, -0.1) is 0 Å². The normalized spacial score (nSPS) is 18.5. The second-order valence-electron chi connectivity index (χ2n) is 8.98. The van der Waals surface area contributed by atoms with Crippen LogP contribution < -0.4 is 9.47 Å². The highest BCUT2D eigenvalue weighted by Crippen LogP contribution is 2.41. The van der Waals surface area contributed by atoms with E-state index in [1.54, 1.807) is 6.92 Å². The zero-order valence-electron chi connectivity index (χ0n) is 19.8. The van der Waals surface area contributed by atoms with Crippen LogP contribution in [0.3, 0.4) is 0 Å². The molecule has 8 heteroatoms. The van der Waals surface area contributed by atoms with E-state index < -0.39 is 15.8 Å². The fourth-order valence-electron chi connectivity index (χ4n) is 4.58. The van der Waals surface area contributed by atoms with E-state index in [0.29, 0.717) is 35.8 Å². The molecule has 3 aromatic carbocycles. The van der Waals surface area contributed by atoms with Crippen molar-refractivity contribution in [2.45, 2.75) is 37.8 Å². The van der Waals surface area contributed by atoms with Crippen molar-refractivity contribution in [3.05, 3.63) is 77.1 Å². The van der Waals surface area contributed by atoms with Crippen LogP contribution >= 0.6 is 0 Å². The first-order chi connectivity index (χ1) is 16.8. The Morgan fingerprint density at radius 3 is 2.63 bits per heavy atom. The number of fused-ring (bicyclic) bond motifs is 1. The molecule has 2 aliphatic heterocycles. The smallest absolute Gasteiger partial charge is 0.243 e. The third-order valence-electron chi connectivity index (χ3n) is 6.47. The van der Waals surface area contributed by atoms with Gasteiger partial charge >= 0.3 is 0 Å². The lowest BCUT2D eigenvalue weighted by Crippen LogP contribution is -2.33. The number of benzene rings is 3. The van der Waals surface area contributed by atoms with Gasteiger partial charge in [-0.05, 0) is 60.4 Å². The van der Waals surface area contributed by atoms with Crippen molar-refractivity contribution in [2.24, 2.45) is 0 Å². The zero-order chi connectivity index (χ0) is 24.6. The molecule has 1 saturated heterocycles. The van der Waals surface area contributed by atoms with Crippen LogP contribution in [0.15, 0.2) is 59.5 Å². The van der Waals surface area contributed by atoms with Crippen molar-refractivity contribution in [2.75, 3.05) is 26.4 Å². The van der Waals surface area contributed by atoms with E-state index in [0.717, 1.165) is 29.2 Å². The summed E-state index contributed by atoms with van der Waals surface area (Å²) in [6, 6.07) is 15.8. The summed E-state index contributed by atoms with van der Waals surface area (Å²) < 4.78 is 60.3. The Hall–Kier alpha value is -2.94. The Balaban J connectivity index is 1.58. The number of hydrogen-bond acceptors (Lipinski definition) is 5. The van der Waals surface area contributed by atoms with Gasteiger partial charge in [0.2, 0.25) is 10.0 Å². The quantitative estimate of drug-likeness (QED) is 0.504. The molecule has 0 aliphatic carbocycles. The predicted octanol–water partition coefficient (Wildman–Crippen LogP) is 4.86. The highest BCUT2D eigenvalue weighted by atomic mass is 32.2. The highest BCUT2D eigenvalue weighted by molar-refractivity contribution is 7.89. The van der Waals surface area contributed by atoms with Crippen molar-refractivity contribution in [1.29, 1.82) is 0 Å². The maximum atomic E-state index is 14.0. The monoisotopic (exact) mass is 497 g/mol. The van der Waals surface area contributed by atoms with Gasteiger partial charge < -0.3 is 14.2 Å². The van der Waals surface area contributed by atoms with E-state index in [9.17, 15) is 12.8 Å². The Morgan fingerprint density at radius 2 is 1.86 bits per heavy atom. The van der Waals surface area contributed by atoms with Crippen LogP contribution in [0.25, 0.3) is 11.1 Å². The number of sulfonamides is 1. The molecule has 0 aromatic heterocycles. The van der Waals surface area contributed by atoms with Crippen molar-refractivity contribution in [1.82, 2.24) is 4.31 Å². The first kappa shape index (κ1) is 23.8. The van der Waals surface area contributed by atoms with Crippen molar-refractivity contribution < 1.29 is 27.0 Å². The maximum absolute atomic E-state index is 14.0. The summed E-state index contributed by atoms with van der Waals surface area (Å²) in [5, 5.41) is 0. The van der Waals surface area contributed by atoms with E-state index in [4.69, 9.17) is 14.2 Å². The summed E-state index contributed by atoms with van der Waals surface area (Å²) in [6.45, 7) is 5.23. The average molecular weight is 498 g/mol. The minimum absolute atomic E-state index is 0.0319. The van der Waals surface area contributed by atoms with Gasteiger partial charge in [0.1, 0.15) is 18.5 Å². The van der Waals surface area contributed by atoms with Gasteiger partial charge in [-0.2, -0.15) is 4.31 Å². The highest BCUT2D eigenvalue weighted by Gasteiger charge is 2.31. The van der Waals surface area contributed by atoms with Crippen LogP contribution in [-0.4, -0.2) is 45.2 Å². The first-order valence-electron chi connectivity index (χ1n) is 11.7. The van der Waals surface area contributed by atoms with E-state index >= 15 is 0 Å². The largest absolute Gasteiger partial charge is 0.488 e. The van der Waals surface area contributed by atoms with Crippen LogP contribution in [0.4, 0.5) is 4.39 Å². The number of ether oxygens (including phenoxy) is 3. The lowest BCUT2D eigenvalue weighted by atomic mass is 9.98. The fourth-order valence-corrected chi connectivity index (χ4v) is 6.22. The lowest BCUT2D eigenvalue weighted by Gasteiger charge is -2.22. The molecule has 1 atom stereocenters. The molecule has 0 radical (unpaired) electrons. The molecule has 3 aromatic rings. The molecule has 0 N–H and O–H groups in total. The number of halogens is 1. The third kappa shape index (κ3) is 4.78. The first-order valence-corrected chi connectivity index (χ1v) is 13.1. The molecule has 35 heavy (non-hydrogen) atoms. The van der Waals surface area contributed by atoms with Crippen LogP contribution in [0.2, 0.25) is 0 Å². The number of hydrogen-bond donors (Lipinski definition) is 0. The fraction of sp³-hybridized carbons (Fsp3) is 0.333. The standard InChI is InChI=1S/C27H28FNO5S/c1-18-5-3-4-6-24(18)20-13-21-16-29(35(30,31)26-15-22(28)8-7-19(26)2)10-12-33-27(21)25(14-20)34-23-9-11-32-17-23/h3-8,13-15,23H,9-12,16-17H2,1-2H3/t23-/m0/s1. The summed E-state index contributed by atoms with van der Waals surface area (Å²) in [5.41, 5.74) is 4.24. The van der Waals surface area contributed by atoms with Crippen LogP contribution in [0.1, 0.15) is 23.1 Å². The Kier molecular flexibility index (Phi) is 6.53. The molecule has 2 heterocycles. The SMILES string of the molecule is Cc1ccccc1-c1cc2c(c(O[C@H]3CCOC3)c1)OCCN(S(=O)(=O)c1cc(F)ccc1C)C2. The van der Waals surface area contributed by atoms with Crippen molar-refractivity contribution in [3.63, 3.8) is 0 Å². The van der Waals surface area contributed by atoms with E-state index in [2.05, 4.69) is 0 Å². The number of aryl methyl sites for hydroxylation is 2. The van der Waals surface area contributed by atoms with Crippen molar-refractivity contribution >= 4 is 10.0 Å². The van der Waals surface area contributed by atoms with Gasteiger partial charge in [-0.3, -0.25) is 0 Å². The number of rotatable bonds is 5. The lowest BCUT2D eigenvalue weighted by molar-refractivity contribution is 0.137. The van der Waals surface area contributed by atoms with E-state index in [1.165, 1.54) is 16.4 Å². The molecular formula is C27H28FNO5S. The second kappa shape index (κ2) is 9.60. The minimum atomic E-state index is -3.95. The number of nitrogens with zero attached hydrogens (tertiary/aromatic N) is 1. The molecule has 6 nitrogen and oxygen atoms in total. The summed E-state index contributed by atoms with van der Waals surface area (Å²) in [4.78, 5) is -0.0319. The van der Waals surface area contributed by atoms with Gasteiger partial charge in [0, 0.05) is 25.1 Å². The molecule has 0 saturated carbocycles. The Bertz CT molecular complexity index is 1350. The molecule has 2 aliphatic rings. The predicted molar refractivity (Wildman–Crippen MR) is 131 cm³/mol. The molecular weight excluding hydrogens is 469 g/mol. The van der Waals surface area contributed by atoms with Gasteiger partial charge in [-0.1, -0.05) is 30.3 Å². The zero-order valence-corrected chi connectivity index (χ0v) is 20.6. The van der Waals surface area contributed by atoms with Gasteiger partial charge in [0.25, 0.3) is 0 Å². The molecule has 0 bridgehead atoms. The van der Waals surface area contributed by atoms with Crippen LogP contribution in [0.5, 0.6) is 11.5 Å². The van der Waals surface area contributed by atoms with Crippen LogP contribution in [0, 0.1) is 19.7 Å². The molecule has 5 rings (SSSR count). The molecule has 184 valence electrons. The topological polar surface area (TPSA) is 65.1 Å². The summed E-state index contributed by atoms with van der Waals surface area (Å²) in [6.07, 6.45) is 0.691. The van der Waals surface area contributed by atoms with E-state index in [-0.39, 0.29) is 30.7 Å². The van der Waals surface area contributed by atoms with Crippen molar-refractivity contribution in [3.8, 4) is 22.6 Å². The summed E-state index contributed by atoms with van der Waals surface area (Å²) >= 11 is 0. The Labute approximate surface area is 205 Å². The van der Waals surface area contributed by atoms with Gasteiger partial charge in [0.05, 0.1) is 18.1 Å². The summed E-state index contributed by atoms with van der Waals surface area (Å²) in [5.74, 6) is 0.539. The second-order valence-corrected chi connectivity index (χ2v) is 10.9. The Morgan fingerprint density at radius 1 is 1.03 bits per heavy atom.